The molecule has 0 bridgehead atoms. The van der Waals surface area contributed by atoms with E-state index in [1.54, 1.807) is 43.3 Å². The van der Waals surface area contributed by atoms with Crippen LogP contribution in [-0.4, -0.2) is 30.4 Å². The number of benzene rings is 2. The van der Waals surface area contributed by atoms with E-state index in [0.29, 0.717) is 11.4 Å². The second-order valence-corrected chi connectivity index (χ2v) is 6.84. The number of ether oxygens (including phenoxy) is 1. The van der Waals surface area contributed by atoms with Gasteiger partial charge in [0.2, 0.25) is 5.91 Å². The Morgan fingerprint density at radius 2 is 1.93 bits per heavy atom. The van der Waals surface area contributed by atoms with Crippen LogP contribution in [0.5, 0.6) is 0 Å². The Morgan fingerprint density at radius 3 is 2.70 bits per heavy atom. The number of hydrogen-bond acceptors (Lipinski definition) is 4. The maximum Gasteiger partial charge on any atom is 0.340 e. The van der Waals surface area contributed by atoms with Crippen molar-refractivity contribution in [1.82, 2.24) is 0 Å². The van der Waals surface area contributed by atoms with Crippen molar-refractivity contribution in [3.05, 3.63) is 58.1 Å². The Balaban J connectivity index is 1.78. The molecule has 1 atom stereocenters. The zero-order valence-electron chi connectivity index (χ0n) is 14.4. The van der Waals surface area contributed by atoms with E-state index in [-0.39, 0.29) is 27.9 Å². The van der Waals surface area contributed by atoms with Crippen molar-refractivity contribution < 1.29 is 19.1 Å². The fourth-order valence-electron chi connectivity index (χ4n) is 2.90. The average molecular weight is 407 g/mol. The van der Waals surface area contributed by atoms with Crippen LogP contribution in [0.3, 0.4) is 0 Å². The zero-order valence-corrected chi connectivity index (χ0v) is 15.9. The average Bonchev–Trinajstić information content (AvgIpc) is 2.76. The van der Waals surface area contributed by atoms with Crippen LogP contribution in [0.15, 0.2) is 42.5 Å². The Kier molecular flexibility index (Phi) is 5.68. The van der Waals surface area contributed by atoms with Crippen LogP contribution in [0.2, 0.25) is 10.0 Å². The van der Waals surface area contributed by atoms with Gasteiger partial charge in [-0.1, -0.05) is 41.4 Å². The van der Waals surface area contributed by atoms with Gasteiger partial charge >= 0.3 is 5.97 Å². The number of halogens is 2. The number of esters is 1. The molecule has 2 amide bonds. The Hall–Kier alpha value is -2.57. The molecular weight excluding hydrogens is 391 g/mol. The molecule has 27 heavy (non-hydrogen) atoms. The summed E-state index contributed by atoms with van der Waals surface area (Å²) < 4.78 is 5.13. The van der Waals surface area contributed by atoms with Crippen molar-refractivity contribution in [3.8, 4) is 0 Å². The number of hydrogen-bond donors (Lipinski definition) is 1. The van der Waals surface area contributed by atoms with E-state index in [0.717, 1.165) is 0 Å². The fourth-order valence-corrected chi connectivity index (χ4v) is 3.28. The minimum absolute atomic E-state index is 0.0694. The molecule has 6 nitrogen and oxygen atoms in total. The van der Waals surface area contributed by atoms with Gasteiger partial charge in [-0.2, -0.15) is 0 Å². The van der Waals surface area contributed by atoms with Gasteiger partial charge in [0.1, 0.15) is 0 Å². The molecule has 0 aromatic heterocycles. The smallest absolute Gasteiger partial charge is 0.340 e. The molecule has 0 radical (unpaired) electrons. The third-order valence-electron chi connectivity index (χ3n) is 4.13. The highest BCUT2D eigenvalue weighted by Gasteiger charge is 2.30. The summed E-state index contributed by atoms with van der Waals surface area (Å²) in [6.07, 6.45) is 0.133. The Labute approximate surface area is 166 Å². The number of carbonyl (C=O) groups excluding carboxylic acids is 3. The summed E-state index contributed by atoms with van der Waals surface area (Å²) in [6.45, 7) is 1.27. The van der Waals surface area contributed by atoms with E-state index in [2.05, 4.69) is 5.32 Å². The predicted octanol–water partition coefficient (Wildman–Crippen LogP) is 3.91. The largest absolute Gasteiger partial charge is 0.452 e. The molecule has 3 rings (SSSR count). The number of rotatable bonds is 3. The first kappa shape index (κ1) is 19.2. The van der Waals surface area contributed by atoms with Crippen LogP contribution in [0, 0.1) is 0 Å². The maximum absolute atomic E-state index is 12.8. The first-order valence-corrected chi connectivity index (χ1v) is 8.96. The van der Waals surface area contributed by atoms with E-state index in [1.807, 2.05) is 0 Å². The van der Waals surface area contributed by atoms with Gasteiger partial charge in [-0.05, 0) is 31.2 Å². The molecule has 140 valence electrons. The number of fused-ring (bicyclic) bond motifs is 1. The van der Waals surface area contributed by atoms with Crippen molar-refractivity contribution in [3.63, 3.8) is 0 Å². The molecule has 2 aromatic carbocycles. The molecule has 1 N–H and O–H groups in total. The van der Waals surface area contributed by atoms with Crippen LogP contribution in [0.1, 0.15) is 23.7 Å². The van der Waals surface area contributed by atoms with Gasteiger partial charge in [-0.15, -0.1) is 0 Å². The first-order valence-electron chi connectivity index (χ1n) is 8.20. The van der Waals surface area contributed by atoms with E-state index in [4.69, 9.17) is 27.9 Å². The molecule has 0 saturated carbocycles. The van der Waals surface area contributed by atoms with Gasteiger partial charge in [0, 0.05) is 12.5 Å². The van der Waals surface area contributed by atoms with Crippen LogP contribution in [0.4, 0.5) is 11.4 Å². The van der Waals surface area contributed by atoms with Gasteiger partial charge in [0.25, 0.3) is 5.91 Å². The van der Waals surface area contributed by atoms with E-state index in [9.17, 15) is 14.4 Å². The van der Waals surface area contributed by atoms with E-state index in [1.165, 1.54) is 11.0 Å². The summed E-state index contributed by atoms with van der Waals surface area (Å²) in [5.74, 6) is -1.38. The van der Waals surface area contributed by atoms with Crippen molar-refractivity contribution in [1.29, 1.82) is 0 Å². The Morgan fingerprint density at radius 1 is 1.19 bits per heavy atom. The van der Waals surface area contributed by atoms with E-state index >= 15 is 0 Å². The molecular formula is C19H16Cl2N2O4. The normalized spacial score (nSPS) is 16.2. The van der Waals surface area contributed by atoms with Gasteiger partial charge < -0.3 is 15.0 Å². The molecule has 0 fully saturated rings. The molecule has 0 saturated heterocycles. The summed E-state index contributed by atoms with van der Waals surface area (Å²) in [4.78, 5) is 38.5. The summed E-state index contributed by atoms with van der Waals surface area (Å²) in [7, 11) is 0. The SMILES string of the molecule is C[C@@H]1CC(=O)Nc2ccccc2N1C(=O)COC(=O)c1cccc(Cl)c1Cl. The number of carbonyl (C=O) groups is 3. The van der Waals surface area contributed by atoms with Gasteiger partial charge in [0.15, 0.2) is 6.61 Å². The van der Waals surface area contributed by atoms with Gasteiger partial charge in [-0.25, -0.2) is 4.79 Å². The molecule has 2 aromatic rings. The van der Waals surface area contributed by atoms with Crippen molar-refractivity contribution >= 4 is 52.4 Å². The second kappa shape index (κ2) is 7.98. The van der Waals surface area contributed by atoms with Crippen LogP contribution >= 0.6 is 23.2 Å². The van der Waals surface area contributed by atoms with Gasteiger partial charge in [0.05, 0.1) is 27.0 Å². The molecule has 1 aliphatic heterocycles. The highest BCUT2D eigenvalue weighted by atomic mass is 35.5. The molecule has 1 aliphatic rings. The van der Waals surface area contributed by atoms with Gasteiger partial charge in [-0.3, -0.25) is 9.59 Å². The number of anilines is 2. The maximum atomic E-state index is 12.8. The third kappa shape index (κ3) is 4.07. The Bertz CT molecular complexity index is 916. The number of nitrogens with one attached hydrogen (secondary N) is 1. The molecule has 1 heterocycles. The quantitative estimate of drug-likeness (QED) is 0.783. The first-order chi connectivity index (χ1) is 12.9. The topological polar surface area (TPSA) is 75.7 Å². The lowest BCUT2D eigenvalue weighted by molar-refractivity contribution is -0.122. The molecule has 0 aliphatic carbocycles. The van der Waals surface area contributed by atoms with E-state index < -0.39 is 24.5 Å². The number of nitrogens with zero attached hydrogens (tertiary/aromatic N) is 1. The fraction of sp³-hybridized carbons (Fsp3) is 0.211. The lowest BCUT2D eigenvalue weighted by Crippen LogP contribution is -2.41. The minimum atomic E-state index is -0.749. The second-order valence-electron chi connectivity index (χ2n) is 6.06. The molecule has 8 heteroatoms. The zero-order chi connectivity index (χ0) is 19.6. The third-order valence-corrected chi connectivity index (χ3v) is 4.95. The predicted molar refractivity (Wildman–Crippen MR) is 103 cm³/mol. The summed E-state index contributed by atoms with van der Waals surface area (Å²) in [5.41, 5.74) is 1.17. The van der Waals surface area contributed by atoms with Crippen LogP contribution in [-0.2, 0) is 14.3 Å². The minimum Gasteiger partial charge on any atom is -0.452 e. The molecule has 0 spiro atoms. The summed E-state index contributed by atoms with van der Waals surface area (Å²) in [5, 5.41) is 3.06. The number of amides is 2. The summed E-state index contributed by atoms with van der Waals surface area (Å²) >= 11 is 11.9. The monoisotopic (exact) mass is 406 g/mol. The van der Waals surface area contributed by atoms with Crippen LogP contribution < -0.4 is 10.2 Å². The van der Waals surface area contributed by atoms with Crippen LogP contribution in [0.25, 0.3) is 0 Å². The van der Waals surface area contributed by atoms with Crippen molar-refractivity contribution in [2.24, 2.45) is 0 Å². The molecule has 0 unspecified atom stereocenters. The highest BCUT2D eigenvalue weighted by molar-refractivity contribution is 6.43. The lowest BCUT2D eigenvalue weighted by atomic mass is 10.1. The standard InChI is InChI=1S/C19H16Cl2N2O4/c1-11-9-16(24)22-14-7-2-3-8-15(14)23(11)17(25)10-27-19(26)12-5-4-6-13(20)18(12)21/h2-8,11H,9-10H2,1H3,(H,22,24)/t11-/m1/s1. The lowest BCUT2D eigenvalue weighted by Gasteiger charge is -2.27. The van der Waals surface area contributed by atoms with Crippen molar-refractivity contribution in [2.75, 3.05) is 16.8 Å². The number of para-hydroxylation sites is 2. The highest BCUT2D eigenvalue weighted by Crippen LogP contribution is 2.31. The van der Waals surface area contributed by atoms with Crippen molar-refractivity contribution in [2.45, 2.75) is 19.4 Å². The summed E-state index contributed by atoms with van der Waals surface area (Å²) in [6, 6.07) is 11.2.